The van der Waals surface area contributed by atoms with Crippen LogP contribution in [0.3, 0.4) is 0 Å². The lowest BCUT2D eigenvalue weighted by molar-refractivity contribution is 1.18. The zero-order valence-electron chi connectivity index (χ0n) is 31.1. The van der Waals surface area contributed by atoms with E-state index in [-0.39, 0.29) is 0 Å². The van der Waals surface area contributed by atoms with Gasteiger partial charge in [0.1, 0.15) is 0 Å². The van der Waals surface area contributed by atoms with Crippen molar-refractivity contribution in [1.29, 1.82) is 0 Å². The van der Waals surface area contributed by atoms with E-state index in [1.165, 1.54) is 75.4 Å². The number of benzene rings is 9. The van der Waals surface area contributed by atoms with Gasteiger partial charge in [-0.15, -0.1) is 11.3 Å². The van der Waals surface area contributed by atoms with Crippen molar-refractivity contribution in [1.82, 2.24) is 4.57 Å². The van der Waals surface area contributed by atoms with E-state index in [0.717, 1.165) is 22.7 Å². The van der Waals surface area contributed by atoms with E-state index >= 15 is 0 Å². The summed E-state index contributed by atoms with van der Waals surface area (Å²) >= 11 is 1.88. The molecule has 57 heavy (non-hydrogen) atoms. The SMILES string of the molecule is c1ccc(-c2ccc(N(c3ccc(-c4ccccc4)cc3)c3ccc4c5ccccc5n(-c5ccccc5)c4c3-c3cccc4c3sc3ccccc34)cc2)cc1. The summed E-state index contributed by atoms with van der Waals surface area (Å²) in [6.07, 6.45) is 0. The summed E-state index contributed by atoms with van der Waals surface area (Å²) in [7, 11) is 0. The molecule has 0 saturated heterocycles. The highest BCUT2D eigenvalue weighted by atomic mass is 32.1. The number of nitrogens with zero attached hydrogens (tertiary/aromatic N) is 2. The predicted molar refractivity (Wildman–Crippen MR) is 245 cm³/mol. The first kappa shape index (κ1) is 33.2. The molecule has 0 amide bonds. The molecule has 0 bridgehead atoms. The topological polar surface area (TPSA) is 8.17 Å². The van der Waals surface area contributed by atoms with E-state index in [0.29, 0.717) is 0 Å². The molecule has 2 heterocycles. The third-order valence-electron chi connectivity index (χ3n) is 11.2. The van der Waals surface area contributed by atoms with Gasteiger partial charge in [0.05, 0.1) is 16.7 Å². The number of anilines is 3. The van der Waals surface area contributed by atoms with Crippen LogP contribution in [0, 0.1) is 0 Å². The van der Waals surface area contributed by atoms with Gasteiger partial charge >= 0.3 is 0 Å². The van der Waals surface area contributed by atoms with Gasteiger partial charge in [-0.3, -0.25) is 0 Å². The van der Waals surface area contributed by atoms with Crippen molar-refractivity contribution in [3.05, 3.63) is 218 Å². The Morgan fingerprint density at radius 1 is 0.368 bits per heavy atom. The largest absolute Gasteiger partial charge is 0.310 e. The molecule has 0 atom stereocenters. The number of hydrogen-bond donors (Lipinski definition) is 0. The third kappa shape index (κ3) is 5.63. The van der Waals surface area contributed by atoms with Gasteiger partial charge in [-0.05, 0) is 76.9 Å². The van der Waals surface area contributed by atoms with Gasteiger partial charge in [0.15, 0.2) is 0 Å². The highest BCUT2D eigenvalue weighted by Gasteiger charge is 2.26. The maximum atomic E-state index is 2.48. The van der Waals surface area contributed by atoms with Gasteiger partial charge in [-0.25, -0.2) is 0 Å². The summed E-state index contributed by atoms with van der Waals surface area (Å²) in [6.45, 7) is 0. The summed E-state index contributed by atoms with van der Waals surface area (Å²) in [6, 6.07) is 79.4. The van der Waals surface area contributed by atoms with E-state index < -0.39 is 0 Å². The van der Waals surface area contributed by atoms with Gasteiger partial charge in [0, 0.05) is 59.1 Å². The van der Waals surface area contributed by atoms with Crippen LogP contribution in [0.25, 0.3) is 81.0 Å². The molecule has 2 aromatic heterocycles. The predicted octanol–water partition coefficient (Wildman–Crippen LogP) is 15.6. The maximum absolute atomic E-state index is 2.48. The lowest BCUT2D eigenvalue weighted by Gasteiger charge is -2.29. The summed E-state index contributed by atoms with van der Waals surface area (Å²) in [4.78, 5) is 2.46. The van der Waals surface area contributed by atoms with Crippen molar-refractivity contribution in [2.75, 3.05) is 4.90 Å². The molecule has 0 spiro atoms. The number of hydrogen-bond acceptors (Lipinski definition) is 2. The molecule has 0 N–H and O–H groups in total. The van der Waals surface area contributed by atoms with Crippen LogP contribution in [0.15, 0.2) is 218 Å². The average Bonchev–Trinajstić information content (AvgIpc) is 3.84. The summed E-state index contributed by atoms with van der Waals surface area (Å²) in [5, 5.41) is 5.04. The van der Waals surface area contributed by atoms with Crippen LogP contribution in [0.2, 0.25) is 0 Å². The first-order valence-electron chi connectivity index (χ1n) is 19.4. The summed E-state index contributed by atoms with van der Waals surface area (Å²) in [5.41, 5.74) is 14.0. The van der Waals surface area contributed by atoms with E-state index in [9.17, 15) is 0 Å². The Bertz CT molecular complexity index is 3120. The molecular formula is C54H36N2S. The molecule has 268 valence electrons. The summed E-state index contributed by atoms with van der Waals surface area (Å²) < 4.78 is 5.06. The van der Waals surface area contributed by atoms with Crippen LogP contribution in [0.5, 0.6) is 0 Å². The smallest absolute Gasteiger partial charge is 0.0641 e. The molecular weight excluding hydrogens is 709 g/mol. The van der Waals surface area contributed by atoms with Crippen molar-refractivity contribution < 1.29 is 0 Å². The standard InChI is InChI=1S/C54H36N2S/c1-4-15-37(16-5-1)39-27-31-42(32-28-39)55(43-33-29-40(30-34-43)38-17-6-2-7-18-38)50-36-35-46-44-21-10-12-25-49(44)56(41-19-8-3-9-20-41)53(46)52(50)48-24-14-23-47-45-22-11-13-26-51(45)57-54(47)48/h1-36H. The van der Waals surface area contributed by atoms with E-state index in [1.54, 1.807) is 0 Å². The fraction of sp³-hybridized carbons (Fsp3) is 0. The molecule has 0 radical (unpaired) electrons. The minimum atomic E-state index is 1.09. The minimum Gasteiger partial charge on any atom is -0.310 e. The molecule has 3 heteroatoms. The molecule has 0 fully saturated rings. The van der Waals surface area contributed by atoms with Crippen molar-refractivity contribution in [3.8, 4) is 39.1 Å². The quantitative estimate of drug-likeness (QED) is 0.158. The van der Waals surface area contributed by atoms with Gasteiger partial charge in [-0.2, -0.15) is 0 Å². The van der Waals surface area contributed by atoms with Crippen LogP contribution in [0.4, 0.5) is 17.1 Å². The van der Waals surface area contributed by atoms with Crippen LogP contribution in [-0.2, 0) is 0 Å². The van der Waals surface area contributed by atoms with Crippen LogP contribution < -0.4 is 4.90 Å². The van der Waals surface area contributed by atoms with E-state index in [4.69, 9.17) is 0 Å². The first-order chi connectivity index (χ1) is 28.3. The molecule has 0 unspecified atom stereocenters. The average molecular weight is 745 g/mol. The van der Waals surface area contributed by atoms with Gasteiger partial charge < -0.3 is 9.47 Å². The minimum absolute atomic E-state index is 1.09. The molecule has 9 aromatic carbocycles. The molecule has 0 aliphatic carbocycles. The lowest BCUT2D eigenvalue weighted by atomic mass is 9.96. The fourth-order valence-corrected chi connectivity index (χ4v) is 9.80. The normalized spacial score (nSPS) is 11.5. The molecule has 0 aliphatic rings. The third-order valence-corrected chi connectivity index (χ3v) is 12.4. The Kier molecular flexibility index (Phi) is 8.04. The number of fused-ring (bicyclic) bond motifs is 6. The van der Waals surface area contributed by atoms with Crippen molar-refractivity contribution >= 4 is 70.4 Å². The Morgan fingerprint density at radius 3 is 1.54 bits per heavy atom. The number of thiophene rings is 1. The van der Waals surface area contributed by atoms with Crippen LogP contribution >= 0.6 is 11.3 Å². The van der Waals surface area contributed by atoms with Crippen molar-refractivity contribution in [3.63, 3.8) is 0 Å². The molecule has 11 rings (SSSR count). The molecule has 0 saturated carbocycles. The Balaban J connectivity index is 1.25. The number of aromatic nitrogens is 1. The lowest BCUT2D eigenvalue weighted by Crippen LogP contribution is -2.12. The van der Waals surface area contributed by atoms with E-state index in [1.807, 2.05) is 11.3 Å². The second-order valence-corrected chi connectivity index (χ2v) is 15.5. The van der Waals surface area contributed by atoms with Crippen molar-refractivity contribution in [2.45, 2.75) is 0 Å². The van der Waals surface area contributed by atoms with Gasteiger partial charge in [0.2, 0.25) is 0 Å². The van der Waals surface area contributed by atoms with Crippen LogP contribution in [0.1, 0.15) is 0 Å². The van der Waals surface area contributed by atoms with E-state index in [2.05, 4.69) is 228 Å². The van der Waals surface area contributed by atoms with Gasteiger partial charge in [-0.1, -0.05) is 164 Å². The maximum Gasteiger partial charge on any atom is 0.0641 e. The monoisotopic (exact) mass is 744 g/mol. The zero-order valence-corrected chi connectivity index (χ0v) is 31.9. The second-order valence-electron chi connectivity index (χ2n) is 14.5. The second kappa shape index (κ2) is 13.8. The van der Waals surface area contributed by atoms with Crippen LogP contribution in [-0.4, -0.2) is 4.57 Å². The van der Waals surface area contributed by atoms with Crippen molar-refractivity contribution in [2.24, 2.45) is 0 Å². The Labute approximate surface area is 335 Å². The highest BCUT2D eigenvalue weighted by Crippen LogP contribution is 2.51. The summed E-state index contributed by atoms with van der Waals surface area (Å²) in [5.74, 6) is 0. The molecule has 11 aromatic rings. The number of para-hydroxylation sites is 2. The fourth-order valence-electron chi connectivity index (χ4n) is 8.58. The van der Waals surface area contributed by atoms with Gasteiger partial charge in [0.25, 0.3) is 0 Å². The Hall–Kier alpha value is -7.20. The molecule has 2 nitrogen and oxygen atoms in total. The zero-order chi connectivity index (χ0) is 37.7. The highest BCUT2D eigenvalue weighted by molar-refractivity contribution is 7.26. The Morgan fingerprint density at radius 2 is 0.895 bits per heavy atom. The number of rotatable bonds is 7. The first-order valence-corrected chi connectivity index (χ1v) is 20.3. The molecule has 0 aliphatic heterocycles.